The van der Waals surface area contributed by atoms with Gasteiger partial charge in [-0.25, -0.2) is 4.98 Å². The van der Waals surface area contributed by atoms with Crippen LogP contribution in [-0.2, 0) is 11.3 Å². The minimum atomic E-state index is 0.0861. The van der Waals surface area contributed by atoms with Gasteiger partial charge in [0.1, 0.15) is 5.82 Å². The fourth-order valence-electron chi connectivity index (χ4n) is 1.97. The molecule has 1 heterocycles. The summed E-state index contributed by atoms with van der Waals surface area (Å²) < 4.78 is 5.21. The van der Waals surface area contributed by atoms with E-state index in [1.54, 1.807) is 7.11 Å². The summed E-state index contributed by atoms with van der Waals surface area (Å²) in [7, 11) is 1.72. The molecule has 5 nitrogen and oxygen atoms in total. The molecular formula is C15H28N4O. The summed E-state index contributed by atoms with van der Waals surface area (Å²) >= 11 is 0. The Labute approximate surface area is 122 Å². The standard InChI is InChI=1S/C15H28N4O/c1-7-19(12(2)11-20-6)14-10-16-13(8-17-14)9-18-15(3,4)5/h8,10,12,18H,7,9,11H2,1-6H3. The molecule has 0 aliphatic carbocycles. The number of nitrogens with zero attached hydrogens (tertiary/aromatic N) is 3. The molecule has 0 amide bonds. The summed E-state index contributed by atoms with van der Waals surface area (Å²) in [5.41, 5.74) is 1.04. The van der Waals surface area contributed by atoms with Crippen molar-refractivity contribution in [2.24, 2.45) is 0 Å². The Balaban J connectivity index is 2.69. The van der Waals surface area contributed by atoms with Gasteiger partial charge in [-0.2, -0.15) is 0 Å². The van der Waals surface area contributed by atoms with Gasteiger partial charge < -0.3 is 15.0 Å². The third-order valence-corrected chi connectivity index (χ3v) is 3.07. The van der Waals surface area contributed by atoms with Crippen molar-refractivity contribution in [1.82, 2.24) is 15.3 Å². The second kappa shape index (κ2) is 7.55. The molecule has 0 bridgehead atoms. The Kier molecular flexibility index (Phi) is 6.36. The van der Waals surface area contributed by atoms with Crippen LogP contribution in [0.15, 0.2) is 12.4 Å². The number of hydrogen-bond acceptors (Lipinski definition) is 5. The van der Waals surface area contributed by atoms with Crippen molar-refractivity contribution in [3.8, 4) is 0 Å². The normalized spacial score (nSPS) is 13.3. The first-order chi connectivity index (χ1) is 9.37. The molecule has 0 aliphatic rings. The van der Waals surface area contributed by atoms with E-state index >= 15 is 0 Å². The number of aromatic nitrogens is 2. The molecule has 20 heavy (non-hydrogen) atoms. The maximum Gasteiger partial charge on any atom is 0.147 e. The van der Waals surface area contributed by atoms with Gasteiger partial charge in [0.15, 0.2) is 0 Å². The number of methoxy groups -OCH3 is 1. The predicted molar refractivity (Wildman–Crippen MR) is 83.0 cm³/mol. The molecule has 0 spiro atoms. The molecule has 0 saturated heterocycles. The Morgan fingerprint density at radius 1 is 1.30 bits per heavy atom. The molecule has 114 valence electrons. The van der Waals surface area contributed by atoms with Gasteiger partial charge in [-0.15, -0.1) is 0 Å². The highest BCUT2D eigenvalue weighted by molar-refractivity contribution is 5.37. The smallest absolute Gasteiger partial charge is 0.147 e. The van der Waals surface area contributed by atoms with E-state index in [-0.39, 0.29) is 11.6 Å². The fourth-order valence-corrected chi connectivity index (χ4v) is 1.97. The van der Waals surface area contributed by atoms with E-state index in [2.05, 4.69) is 54.8 Å². The second-order valence-electron chi connectivity index (χ2n) is 6.06. The Morgan fingerprint density at radius 2 is 2.00 bits per heavy atom. The number of rotatable bonds is 7. The highest BCUT2D eigenvalue weighted by Crippen LogP contribution is 2.13. The lowest BCUT2D eigenvalue weighted by Gasteiger charge is -2.28. The maximum absolute atomic E-state index is 5.21. The van der Waals surface area contributed by atoms with Crippen LogP contribution in [0.4, 0.5) is 5.82 Å². The van der Waals surface area contributed by atoms with Gasteiger partial charge in [-0.3, -0.25) is 4.98 Å². The van der Waals surface area contributed by atoms with Crippen LogP contribution in [0.1, 0.15) is 40.3 Å². The predicted octanol–water partition coefficient (Wildman–Crippen LogP) is 2.23. The maximum atomic E-state index is 5.21. The lowest BCUT2D eigenvalue weighted by Crippen LogP contribution is -2.37. The van der Waals surface area contributed by atoms with Crippen molar-refractivity contribution >= 4 is 5.82 Å². The molecule has 1 unspecified atom stereocenters. The van der Waals surface area contributed by atoms with Crippen LogP contribution >= 0.6 is 0 Å². The van der Waals surface area contributed by atoms with Crippen LogP contribution in [0, 0.1) is 0 Å². The molecule has 1 N–H and O–H groups in total. The average molecular weight is 280 g/mol. The zero-order valence-corrected chi connectivity index (χ0v) is 13.6. The topological polar surface area (TPSA) is 50.3 Å². The quantitative estimate of drug-likeness (QED) is 0.830. The van der Waals surface area contributed by atoms with Gasteiger partial charge in [0.05, 0.1) is 30.7 Å². The summed E-state index contributed by atoms with van der Waals surface area (Å²) in [6.07, 6.45) is 3.69. The Bertz CT molecular complexity index is 386. The molecule has 5 heteroatoms. The van der Waals surface area contributed by atoms with Crippen LogP contribution in [0.2, 0.25) is 0 Å². The van der Waals surface area contributed by atoms with Crippen molar-refractivity contribution < 1.29 is 4.74 Å². The van der Waals surface area contributed by atoms with Crippen molar-refractivity contribution in [3.63, 3.8) is 0 Å². The number of ether oxygens (including phenoxy) is 1. The van der Waals surface area contributed by atoms with Gasteiger partial charge in [0, 0.05) is 25.7 Å². The van der Waals surface area contributed by atoms with Crippen LogP contribution < -0.4 is 10.2 Å². The molecule has 1 atom stereocenters. The summed E-state index contributed by atoms with van der Waals surface area (Å²) in [5.74, 6) is 0.900. The lowest BCUT2D eigenvalue weighted by atomic mass is 10.1. The van der Waals surface area contributed by atoms with Crippen LogP contribution in [0.5, 0.6) is 0 Å². The third-order valence-electron chi connectivity index (χ3n) is 3.07. The first kappa shape index (κ1) is 16.9. The van der Waals surface area contributed by atoms with Crippen molar-refractivity contribution in [2.45, 2.75) is 52.7 Å². The molecule has 1 aromatic rings. The third kappa shape index (κ3) is 5.43. The van der Waals surface area contributed by atoms with E-state index in [9.17, 15) is 0 Å². The highest BCUT2D eigenvalue weighted by Gasteiger charge is 2.14. The van der Waals surface area contributed by atoms with Gasteiger partial charge in [0.25, 0.3) is 0 Å². The number of anilines is 1. The number of nitrogens with one attached hydrogen (secondary N) is 1. The van der Waals surface area contributed by atoms with E-state index < -0.39 is 0 Å². The minimum Gasteiger partial charge on any atom is -0.383 e. The van der Waals surface area contributed by atoms with Gasteiger partial charge in [-0.05, 0) is 34.6 Å². The van der Waals surface area contributed by atoms with E-state index in [1.165, 1.54) is 0 Å². The molecule has 1 rings (SSSR count). The van der Waals surface area contributed by atoms with Gasteiger partial charge >= 0.3 is 0 Å². The zero-order chi connectivity index (χ0) is 15.2. The van der Waals surface area contributed by atoms with Crippen LogP contribution in [0.3, 0.4) is 0 Å². The molecule has 0 aromatic carbocycles. The lowest BCUT2D eigenvalue weighted by molar-refractivity contribution is 0.181. The number of hydrogen-bond donors (Lipinski definition) is 1. The average Bonchev–Trinajstić information content (AvgIpc) is 2.38. The molecule has 0 saturated carbocycles. The fraction of sp³-hybridized carbons (Fsp3) is 0.733. The van der Waals surface area contributed by atoms with Crippen molar-refractivity contribution in [2.75, 3.05) is 25.2 Å². The molecule has 1 aromatic heterocycles. The van der Waals surface area contributed by atoms with Gasteiger partial charge in [-0.1, -0.05) is 0 Å². The monoisotopic (exact) mass is 280 g/mol. The van der Waals surface area contributed by atoms with Crippen molar-refractivity contribution in [1.29, 1.82) is 0 Å². The van der Waals surface area contributed by atoms with E-state index in [1.807, 2.05) is 12.4 Å². The molecule has 0 fully saturated rings. The highest BCUT2D eigenvalue weighted by atomic mass is 16.5. The summed E-state index contributed by atoms with van der Waals surface area (Å²) in [5, 5.41) is 3.41. The van der Waals surface area contributed by atoms with E-state index in [0.29, 0.717) is 6.61 Å². The van der Waals surface area contributed by atoms with Crippen LogP contribution in [-0.4, -0.2) is 41.8 Å². The molecular weight excluding hydrogens is 252 g/mol. The SMILES string of the molecule is CCN(c1cnc(CNC(C)(C)C)cn1)C(C)COC. The van der Waals surface area contributed by atoms with E-state index in [0.717, 1.165) is 24.6 Å². The van der Waals surface area contributed by atoms with Crippen LogP contribution in [0.25, 0.3) is 0 Å². The summed E-state index contributed by atoms with van der Waals surface area (Å²) in [4.78, 5) is 11.2. The Hall–Kier alpha value is -1.20. The largest absolute Gasteiger partial charge is 0.383 e. The summed E-state index contributed by atoms with van der Waals surface area (Å²) in [6, 6.07) is 0.290. The van der Waals surface area contributed by atoms with E-state index in [4.69, 9.17) is 4.74 Å². The zero-order valence-electron chi connectivity index (χ0n) is 13.6. The molecule has 0 radical (unpaired) electrons. The molecule has 0 aliphatic heterocycles. The second-order valence-corrected chi connectivity index (χ2v) is 6.06. The number of likely N-dealkylation sites (N-methyl/N-ethyl adjacent to an activating group) is 1. The summed E-state index contributed by atoms with van der Waals surface area (Å²) in [6.45, 7) is 13.0. The van der Waals surface area contributed by atoms with Crippen molar-refractivity contribution in [3.05, 3.63) is 18.1 Å². The Morgan fingerprint density at radius 3 is 2.45 bits per heavy atom. The minimum absolute atomic E-state index is 0.0861. The first-order valence-electron chi connectivity index (χ1n) is 7.19. The first-order valence-corrected chi connectivity index (χ1v) is 7.19. The van der Waals surface area contributed by atoms with Gasteiger partial charge in [0.2, 0.25) is 0 Å².